The van der Waals surface area contributed by atoms with Crippen molar-refractivity contribution in [2.24, 2.45) is 0 Å². The summed E-state index contributed by atoms with van der Waals surface area (Å²) < 4.78 is 13.6. The molecule has 3 rings (SSSR count). The van der Waals surface area contributed by atoms with Gasteiger partial charge >= 0.3 is 6.03 Å². The van der Waals surface area contributed by atoms with Gasteiger partial charge in [0.1, 0.15) is 5.82 Å². The molecule has 1 aliphatic carbocycles. The normalized spacial score (nSPS) is 18.8. The van der Waals surface area contributed by atoms with E-state index in [1.54, 1.807) is 0 Å². The highest BCUT2D eigenvalue weighted by Gasteiger charge is 2.39. The van der Waals surface area contributed by atoms with E-state index >= 15 is 0 Å². The molecule has 0 spiro atoms. The van der Waals surface area contributed by atoms with Gasteiger partial charge in [0.2, 0.25) is 0 Å². The summed E-state index contributed by atoms with van der Waals surface area (Å²) in [6.45, 7) is 0.0515. The Morgan fingerprint density at radius 1 is 1.26 bits per heavy atom. The molecule has 2 N–H and O–H groups in total. The predicted molar refractivity (Wildman–Crippen MR) is 84.1 cm³/mol. The minimum Gasteiger partial charge on any atom is -0.335 e. The Morgan fingerprint density at radius 3 is 2.78 bits per heavy atom. The molecule has 2 amide bonds. The first-order valence-corrected chi connectivity index (χ1v) is 7.45. The van der Waals surface area contributed by atoms with Gasteiger partial charge in [0.05, 0.1) is 11.6 Å². The minimum absolute atomic E-state index is 0.0515. The zero-order valence-electron chi connectivity index (χ0n) is 12.4. The Morgan fingerprint density at radius 2 is 2.04 bits per heavy atom. The van der Waals surface area contributed by atoms with Gasteiger partial charge in [-0.15, -0.1) is 0 Å². The smallest absolute Gasteiger partial charge is 0.315 e. The second kappa shape index (κ2) is 6.49. The van der Waals surface area contributed by atoms with Gasteiger partial charge in [-0.1, -0.05) is 30.3 Å². The number of hydrogen-bond donors (Lipinski definition) is 2. The summed E-state index contributed by atoms with van der Waals surface area (Å²) in [5, 5.41) is 14.3. The third-order valence-corrected chi connectivity index (χ3v) is 3.95. The number of nitrogens with zero attached hydrogens (tertiary/aromatic N) is 1. The molecule has 116 valence electrons. The third-order valence-electron chi connectivity index (χ3n) is 3.95. The van der Waals surface area contributed by atoms with E-state index in [0.717, 1.165) is 6.42 Å². The average molecular weight is 309 g/mol. The zero-order chi connectivity index (χ0) is 16.2. The molecule has 2 aromatic rings. The van der Waals surface area contributed by atoms with Crippen LogP contribution in [-0.4, -0.2) is 12.1 Å². The third kappa shape index (κ3) is 3.67. The summed E-state index contributed by atoms with van der Waals surface area (Å²) in [6.07, 6.45) is 0.912. The topological polar surface area (TPSA) is 64.9 Å². The first-order valence-electron chi connectivity index (χ1n) is 7.45. The molecule has 0 aromatic heterocycles. The second-order valence-corrected chi connectivity index (χ2v) is 5.60. The molecule has 4 nitrogen and oxygen atoms in total. The molecule has 0 aliphatic heterocycles. The number of nitriles is 1. The van der Waals surface area contributed by atoms with E-state index in [2.05, 4.69) is 10.6 Å². The van der Waals surface area contributed by atoms with Crippen molar-refractivity contribution in [2.45, 2.75) is 24.9 Å². The van der Waals surface area contributed by atoms with Gasteiger partial charge in [0.15, 0.2) is 0 Å². The van der Waals surface area contributed by atoms with E-state index in [1.165, 1.54) is 23.8 Å². The van der Waals surface area contributed by atoms with Crippen molar-refractivity contribution >= 4 is 6.03 Å². The lowest BCUT2D eigenvalue weighted by Gasteiger charge is -2.08. The maximum absolute atomic E-state index is 13.6. The van der Waals surface area contributed by atoms with Crippen LogP contribution in [-0.2, 0) is 6.54 Å². The number of carbonyl (C=O) groups excluding carboxylic acids is 1. The van der Waals surface area contributed by atoms with Crippen molar-refractivity contribution in [3.63, 3.8) is 0 Å². The molecule has 23 heavy (non-hydrogen) atoms. The van der Waals surface area contributed by atoms with Crippen LogP contribution < -0.4 is 10.6 Å². The zero-order valence-corrected chi connectivity index (χ0v) is 12.4. The quantitative estimate of drug-likeness (QED) is 0.911. The van der Waals surface area contributed by atoms with E-state index in [9.17, 15) is 9.18 Å². The summed E-state index contributed by atoms with van der Waals surface area (Å²) in [5.74, 6) is -0.0847. The lowest BCUT2D eigenvalue weighted by Crippen LogP contribution is -2.37. The van der Waals surface area contributed by atoms with Crippen LogP contribution >= 0.6 is 0 Å². The van der Waals surface area contributed by atoms with Gasteiger partial charge in [0, 0.05) is 24.1 Å². The standard InChI is InChI=1S/C18H16FN3O/c19-16-7-6-12(10-20)8-14(16)11-21-18(23)22-17-9-15(17)13-4-2-1-3-5-13/h1-8,15,17H,9,11H2,(H2,21,22,23). The molecule has 5 heteroatoms. The summed E-state index contributed by atoms with van der Waals surface area (Å²) in [6, 6.07) is 15.9. The highest BCUT2D eigenvalue weighted by Crippen LogP contribution is 2.40. The van der Waals surface area contributed by atoms with Crippen molar-refractivity contribution in [1.29, 1.82) is 5.26 Å². The highest BCUT2D eigenvalue weighted by atomic mass is 19.1. The molecule has 0 bridgehead atoms. The van der Waals surface area contributed by atoms with Crippen LogP contribution in [0.25, 0.3) is 0 Å². The SMILES string of the molecule is N#Cc1ccc(F)c(CNC(=O)NC2CC2c2ccccc2)c1. The fraction of sp³-hybridized carbons (Fsp3) is 0.222. The number of benzene rings is 2. The van der Waals surface area contributed by atoms with E-state index < -0.39 is 5.82 Å². The average Bonchev–Trinajstić information content (AvgIpc) is 3.34. The fourth-order valence-electron chi connectivity index (χ4n) is 2.60. The monoisotopic (exact) mass is 309 g/mol. The van der Waals surface area contributed by atoms with Gasteiger partial charge in [-0.05, 0) is 30.2 Å². The lowest BCUT2D eigenvalue weighted by atomic mass is 10.1. The minimum atomic E-state index is -0.433. The molecular formula is C18H16FN3O. The number of carbonyl (C=O) groups is 1. The number of hydrogen-bond acceptors (Lipinski definition) is 2. The molecule has 1 saturated carbocycles. The Labute approximate surface area is 133 Å². The lowest BCUT2D eigenvalue weighted by molar-refractivity contribution is 0.240. The number of halogens is 1. The van der Waals surface area contributed by atoms with Crippen LogP contribution in [0.4, 0.5) is 9.18 Å². The van der Waals surface area contributed by atoms with Crippen LogP contribution in [0, 0.1) is 17.1 Å². The Hall–Kier alpha value is -2.87. The first kappa shape index (κ1) is 15.0. The number of nitrogens with one attached hydrogen (secondary N) is 2. The molecule has 2 atom stereocenters. The largest absolute Gasteiger partial charge is 0.335 e. The van der Waals surface area contributed by atoms with Gasteiger partial charge in [-0.2, -0.15) is 5.26 Å². The van der Waals surface area contributed by atoms with Gasteiger partial charge in [-0.3, -0.25) is 0 Å². The molecular weight excluding hydrogens is 293 g/mol. The number of amides is 2. The summed E-state index contributed by atoms with van der Waals surface area (Å²) in [5.41, 5.74) is 1.88. The van der Waals surface area contributed by atoms with Crippen LogP contribution in [0.3, 0.4) is 0 Å². The van der Waals surface area contributed by atoms with Gasteiger partial charge < -0.3 is 10.6 Å². The first-order chi connectivity index (χ1) is 11.2. The van der Waals surface area contributed by atoms with Gasteiger partial charge in [0.25, 0.3) is 0 Å². The number of urea groups is 1. The van der Waals surface area contributed by atoms with Crippen LogP contribution in [0.5, 0.6) is 0 Å². The Kier molecular flexibility index (Phi) is 4.24. The molecule has 0 saturated heterocycles. The summed E-state index contributed by atoms with van der Waals surface area (Å²) in [4.78, 5) is 11.9. The molecule has 1 fully saturated rings. The summed E-state index contributed by atoms with van der Waals surface area (Å²) >= 11 is 0. The Bertz CT molecular complexity index is 755. The van der Waals surface area contributed by atoms with Crippen molar-refractivity contribution in [1.82, 2.24) is 10.6 Å². The van der Waals surface area contributed by atoms with E-state index in [0.29, 0.717) is 17.0 Å². The van der Waals surface area contributed by atoms with Crippen molar-refractivity contribution in [3.8, 4) is 6.07 Å². The van der Waals surface area contributed by atoms with E-state index in [1.807, 2.05) is 36.4 Å². The highest BCUT2D eigenvalue weighted by molar-refractivity contribution is 5.75. The van der Waals surface area contributed by atoms with Crippen LogP contribution in [0.1, 0.15) is 29.0 Å². The molecule has 1 aliphatic rings. The second-order valence-electron chi connectivity index (χ2n) is 5.60. The van der Waals surface area contributed by atoms with Crippen molar-refractivity contribution in [3.05, 3.63) is 71.0 Å². The van der Waals surface area contributed by atoms with E-state index in [4.69, 9.17) is 5.26 Å². The van der Waals surface area contributed by atoms with Crippen LogP contribution in [0.2, 0.25) is 0 Å². The maximum atomic E-state index is 13.6. The fourth-order valence-corrected chi connectivity index (χ4v) is 2.60. The maximum Gasteiger partial charge on any atom is 0.315 e. The molecule has 0 radical (unpaired) electrons. The Balaban J connectivity index is 1.51. The molecule has 2 unspecified atom stereocenters. The predicted octanol–water partition coefficient (Wildman–Crippen LogP) is 3.05. The molecule has 2 aromatic carbocycles. The van der Waals surface area contributed by atoms with Crippen molar-refractivity contribution < 1.29 is 9.18 Å². The number of rotatable bonds is 4. The van der Waals surface area contributed by atoms with Gasteiger partial charge in [-0.25, -0.2) is 9.18 Å². The molecule has 0 heterocycles. The van der Waals surface area contributed by atoms with E-state index in [-0.39, 0.29) is 18.6 Å². The summed E-state index contributed by atoms with van der Waals surface area (Å²) in [7, 11) is 0. The van der Waals surface area contributed by atoms with Crippen LogP contribution in [0.15, 0.2) is 48.5 Å². The van der Waals surface area contributed by atoms with Crippen molar-refractivity contribution in [2.75, 3.05) is 0 Å².